The molecule has 1 aromatic carbocycles. The molecule has 0 unspecified atom stereocenters. The third-order valence-electron chi connectivity index (χ3n) is 2.09. The zero-order valence-electron chi connectivity index (χ0n) is 10.4. The van der Waals surface area contributed by atoms with Gasteiger partial charge in [-0.1, -0.05) is 0 Å². The summed E-state index contributed by atoms with van der Waals surface area (Å²) < 4.78 is 16.0. The van der Waals surface area contributed by atoms with Gasteiger partial charge in [0.1, 0.15) is 6.61 Å². The van der Waals surface area contributed by atoms with Gasteiger partial charge in [0.2, 0.25) is 0 Å². The number of nitriles is 1. The molecule has 5 heteroatoms. The summed E-state index contributed by atoms with van der Waals surface area (Å²) in [5.41, 5.74) is 0.530. The maximum absolute atomic E-state index is 8.80. The molecule has 0 heterocycles. The Labute approximate surface area is 107 Å². The second kappa shape index (κ2) is 8.34. The number of aliphatic hydroxyl groups is 1. The Morgan fingerprint density at radius 2 is 2.00 bits per heavy atom. The lowest BCUT2D eigenvalue weighted by molar-refractivity contribution is 0.0697. The first-order valence-electron chi connectivity index (χ1n) is 5.80. The van der Waals surface area contributed by atoms with Crippen molar-refractivity contribution in [3.05, 3.63) is 23.8 Å². The molecule has 18 heavy (non-hydrogen) atoms. The fourth-order valence-electron chi connectivity index (χ4n) is 1.34. The van der Waals surface area contributed by atoms with Crippen molar-refractivity contribution in [1.82, 2.24) is 0 Å². The van der Waals surface area contributed by atoms with Gasteiger partial charge in [-0.2, -0.15) is 5.26 Å². The smallest absolute Gasteiger partial charge is 0.162 e. The molecule has 1 aromatic rings. The molecule has 0 radical (unpaired) electrons. The van der Waals surface area contributed by atoms with E-state index in [4.69, 9.17) is 24.6 Å². The molecular weight excluding hydrogens is 234 g/mol. The molecule has 0 spiro atoms. The molecule has 0 bridgehead atoms. The van der Waals surface area contributed by atoms with E-state index in [1.54, 1.807) is 18.2 Å². The van der Waals surface area contributed by atoms with Crippen molar-refractivity contribution in [1.29, 1.82) is 5.26 Å². The molecule has 0 amide bonds. The van der Waals surface area contributed by atoms with Crippen LogP contribution in [0, 0.1) is 11.3 Å². The number of nitrogens with zero attached hydrogens (tertiary/aromatic N) is 1. The zero-order valence-corrected chi connectivity index (χ0v) is 10.4. The fourth-order valence-corrected chi connectivity index (χ4v) is 1.34. The summed E-state index contributed by atoms with van der Waals surface area (Å²) in [6, 6.07) is 7.07. The maximum atomic E-state index is 8.80. The first-order chi connectivity index (χ1) is 8.81. The van der Waals surface area contributed by atoms with Crippen LogP contribution in [0.5, 0.6) is 11.5 Å². The first kappa shape index (κ1) is 14.3. The summed E-state index contributed by atoms with van der Waals surface area (Å²) in [5.74, 6) is 1.14. The van der Waals surface area contributed by atoms with Crippen LogP contribution < -0.4 is 9.47 Å². The van der Waals surface area contributed by atoms with Crippen molar-refractivity contribution in [2.45, 2.75) is 6.92 Å². The lowest BCUT2D eigenvalue weighted by Crippen LogP contribution is -2.09. The van der Waals surface area contributed by atoms with Crippen LogP contribution in [0.25, 0.3) is 0 Å². The molecule has 5 nitrogen and oxygen atoms in total. The van der Waals surface area contributed by atoms with Gasteiger partial charge in [0.15, 0.2) is 11.5 Å². The monoisotopic (exact) mass is 251 g/mol. The van der Waals surface area contributed by atoms with E-state index in [1.165, 1.54) is 0 Å². The topological polar surface area (TPSA) is 71.7 Å². The van der Waals surface area contributed by atoms with Crippen LogP contribution >= 0.6 is 0 Å². The molecule has 98 valence electrons. The van der Waals surface area contributed by atoms with Crippen molar-refractivity contribution >= 4 is 0 Å². The van der Waals surface area contributed by atoms with Gasteiger partial charge in [-0.05, 0) is 19.1 Å². The third kappa shape index (κ3) is 4.62. The summed E-state index contributed by atoms with van der Waals surface area (Å²) in [4.78, 5) is 0. The average Bonchev–Trinajstić information content (AvgIpc) is 2.40. The maximum Gasteiger partial charge on any atom is 0.162 e. The van der Waals surface area contributed by atoms with E-state index in [-0.39, 0.29) is 6.61 Å². The number of ether oxygens (including phenoxy) is 3. The van der Waals surface area contributed by atoms with E-state index in [0.29, 0.717) is 43.5 Å². The molecule has 0 saturated heterocycles. The van der Waals surface area contributed by atoms with Crippen LogP contribution in [-0.4, -0.2) is 38.1 Å². The van der Waals surface area contributed by atoms with E-state index in [0.717, 1.165) is 0 Å². The van der Waals surface area contributed by atoms with Crippen LogP contribution in [0.2, 0.25) is 0 Å². The summed E-state index contributed by atoms with van der Waals surface area (Å²) in [5, 5.41) is 17.3. The average molecular weight is 251 g/mol. The Kier molecular flexibility index (Phi) is 6.62. The standard InChI is InChI=1S/C13H17NO4/c1-2-17-13-9-11(10-14)3-4-12(13)18-8-7-16-6-5-15/h3-4,9,15H,2,5-8H2,1H3. The summed E-state index contributed by atoms with van der Waals surface area (Å²) >= 11 is 0. The lowest BCUT2D eigenvalue weighted by Gasteiger charge is -2.12. The van der Waals surface area contributed by atoms with E-state index < -0.39 is 0 Å². The Balaban J connectivity index is 2.55. The summed E-state index contributed by atoms with van der Waals surface area (Å²) in [7, 11) is 0. The molecule has 0 aliphatic rings. The molecule has 0 aromatic heterocycles. The molecule has 0 aliphatic heterocycles. The number of aliphatic hydroxyl groups excluding tert-OH is 1. The van der Waals surface area contributed by atoms with Gasteiger partial charge in [-0.15, -0.1) is 0 Å². The largest absolute Gasteiger partial charge is 0.490 e. The highest BCUT2D eigenvalue weighted by atomic mass is 16.5. The van der Waals surface area contributed by atoms with Crippen molar-refractivity contribution in [3.63, 3.8) is 0 Å². The first-order valence-corrected chi connectivity index (χ1v) is 5.80. The third-order valence-corrected chi connectivity index (χ3v) is 2.09. The van der Waals surface area contributed by atoms with Crippen molar-refractivity contribution in [2.24, 2.45) is 0 Å². The Bertz CT molecular complexity index is 400. The molecular formula is C13H17NO4. The zero-order chi connectivity index (χ0) is 13.2. The van der Waals surface area contributed by atoms with Gasteiger partial charge in [0, 0.05) is 6.07 Å². The summed E-state index contributed by atoms with van der Waals surface area (Å²) in [6.45, 7) is 3.44. The van der Waals surface area contributed by atoms with Gasteiger partial charge in [-0.3, -0.25) is 0 Å². The quantitative estimate of drug-likeness (QED) is 0.706. The second-order valence-electron chi connectivity index (χ2n) is 3.39. The van der Waals surface area contributed by atoms with Crippen LogP contribution in [-0.2, 0) is 4.74 Å². The minimum atomic E-state index is 0.00105. The predicted octanol–water partition coefficient (Wildman–Crippen LogP) is 1.34. The number of benzene rings is 1. The van der Waals surface area contributed by atoms with Gasteiger partial charge >= 0.3 is 0 Å². The molecule has 1 rings (SSSR count). The van der Waals surface area contributed by atoms with E-state index in [9.17, 15) is 0 Å². The van der Waals surface area contributed by atoms with E-state index in [2.05, 4.69) is 0 Å². The Morgan fingerprint density at radius 1 is 1.17 bits per heavy atom. The van der Waals surface area contributed by atoms with E-state index in [1.807, 2.05) is 13.0 Å². The molecule has 0 saturated carbocycles. The van der Waals surface area contributed by atoms with Gasteiger partial charge < -0.3 is 19.3 Å². The normalized spacial score (nSPS) is 9.83. The predicted molar refractivity (Wildman–Crippen MR) is 65.7 cm³/mol. The summed E-state index contributed by atoms with van der Waals surface area (Å²) in [6.07, 6.45) is 0. The minimum Gasteiger partial charge on any atom is -0.490 e. The highest BCUT2D eigenvalue weighted by Crippen LogP contribution is 2.28. The van der Waals surface area contributed by atoms with Crippen molar-refractivity contribution in [2.75, 3.05) is 33.0 Å². The second-order valence-corrected chi connectivity index (χ2v) is 3.39. The Hall–Kier alpha value is -1.77. The SMILES string of the molecule is CCOc1cc(C#N)ccc1OCCOCCO. The molecule has 0 atom stereocenters. The highest BCUT2D eigenvalue weighted by molar-refractivity contribution is 5.46. The fraction of sp³-hybridized carbons (Fsp3) is 0.462. The molecule has 0 fully saturated rings. The molecule has 0 aliphatic carbocycles. The van der Waals surface area contributed by atoms with Crippen LogP contribution in [0.4, 0.5) is 0 Å². The highest BCUT2D eigenvalue weighted by Gasteiger charge is 2.06. The van der Waals surface area contributed by atoms with Gasteiger partial charge in [0.05, 0.1) is 38.1 Å². The van der Waals surface area contributed by atoms with E-state index >= 15 is 0 Å². The van der Waals surface area contributed by atoms with Crippen LogP contribution in [0.3, 0.4) is 0 Å². The van der Waals surface area contributed by atoms with Gasteiger partial charge in [-0.25, -0.2) is 0 Å². The number of rotatable bonds is 8. The lowest BCUT2D eigenvalue weighted by atomic mass is 10.2. The van der Waals surface area contributed by atoms with Crippen molar-refractivity contribution < 1.29 is 19.3 Å². The molecule has 1 N–H and O–H groups in total. The van der Waals surface area contributed by atoms with Crippen LogP contribution in [0.1, 0.15) is 12.5 Å². The number of hydrogen-bond acceptors (Lipinski definition) is 5. The van der Waals surface area contributed by atoms with Crippen molar-refractivity contribution in [3.8, 4) is 17.6 Å². The minimum absolute atomic E-state index is 0.00105. The van der Waals surface area contributed by atoms with Crippen LogP contribution in [0.15, 0.2) is 18.2 Å². The van der Waals surface area contributed by atoms with Gasteiger partial charge in [0.25, 0.3) is 0 Å². The number of hydrogen-bond donors (Lipinski definition) is 1. The Morgan fingerprint density at radius 3 is 2.67 bits per heavy atom.